The van der Waals surface area contributed by atoms with Gasteiger partial charge in [0.15, 0.2) is 0 Å². The molecule has 2 N–H and O–H groups in total. The highest BCUT2D eigenvalue weighted by atomic mass is 32.2. The monoisotopic (exact) mass is 456 g/mol. The second-order valence-corrected chi connectivity index (χ2v) is 9.69. The molecule has 0 saturated heterocycles. The molecule has 0 fully saturated rings. The lowest BCUT2D eigenvalue weighted by Gasteiger charge is -2.18. The Morgan fingerprint density at radius 2 is 1.69 bits per heavy atom. The fourth-order valence-electron chi connectivity index (χ4n) is 3.01. The normalized spacial score (nSPS) is 13.7. The summed E-state index contributed by atoms with van der Waals surface area (Å²) in [6, 6.07) is 14.6. The molecule has 3 aromatic rings. The Morgan fingerprint density at radius 3 is 2.28 bits per heavy atom. The third-order valence-corrected chi connectivity index (χ3v) is 6.69. The van der Waals surface area contributed by atoms with E-state index in [4.69, 9.17) is 4.52 Å². The van der Waals surface area contributed by atoms with Crippen LogP contribution in [0, 0.1) is 5.92 Å². The Labute approximate surface area is 188 Å². The Hall–Kier alpha value is -3.04. The molecule has 0 radical (unpaired) electrons. The molecule has 2 atom stereocenters. The number of carbonyl (C=O) groups is 1. The molecular formula is C23H28N4O4S. The number of hydrogen-bond acceptors (Lipinski definition) is 6. The number of benzene rings is 2. The van der Waals surface area contributed by atoms with Crippen molar-refractivity contribution in [3.8, 4) is 11.4 Å². The van der Waals surface area contributed by atoms with E-state index in [2.05, 4.69) is 20.2 Å². The summed E-state index contributed by atoms with van der Waals surface area (Å²) in [6.45, 7) is 7.57. The first-order valence-electron chi connectivity index (χ1n) is 10.5. The van der Waals surface area contributed by atoms with Crippen molar-refractivity contribution in [1.29, 1.82) is 0 Å². The zero-order valence-electron chi connectivity index (χ0n) is 18.6. The fourth-order valence-corrected chi connectivity index (χ4v) is 4.33. The molecule has 1 heterocycles. The number of aromatic nitrogens is 2. The van der Waals surface area contributed by atoms with E-state index in [0.29, 0.717) is 23.7 Å². The van der Waals surface area contributed by atoms with Crippen molar-refractivity contribution >= 4 is 15.9 Å². The van der Waals surface area contributed by atoms with Gasteiger partial charge in [0.05, 0.1) is 4.90 Å². The largest absolute Gasteiger partial charge is 0.340 e. The number of sulfonamides is 1. The molecule has 1 aromatic heterocycles. The van der Waals surface area contributed by atoms with Gasteiger partial charge >= 0.3 is 0 Å². The van der Waals surface area contributed by atoms with Gasteiger partial charge in [-0.25, -0.2) is 13.1 Å². The second kappa shape index (κ2) is 10.1. The van der Waals surface area contributed by atoms with Crippen molar-refractivity contribution in [1.82, 2.24) is 20.2 Å². The van der Waals surface area contributed by atoms with E-state index in [1.165, 1.54) is 24.3 Å². The lowest BCUT2D eigenvalue weighted by Crippen LogP contribution is -2.33. The standard InChI is InChI=1S/C23H28N4O4S/c1-5-16(4)27-32(29,30)19-13-11-18(12-14-19)22(28)24-20(15(2)3)23-25-21(26-31-23)17-9-7-6-8-10-17/h6-16,20,27H,5H2,1-4H3,(H,24,28)/t16-,20+/m1/s1. The summed E-state index contributed by atoms with van der Waals surface area (Å²) in [5.41, 5.74) is 1.15. The minimum Gasteiger partial charge on any atom is -0.340 e. The Bertz CT molecular complexity index is 1140. The Morgan fingerprint density at radius 1 is 1.03 bits per heavy atom. The third kappa shape index (κ3) is 5.60. The van der Waals surface area contributed by atoms with Gasteiger partial charge in [0.1, 0.15) is 6.04 Å². The molecule has 0 saturated carbocycles. The molecule has 0 spiro atoms. The summed E-state index contributed by atoms with van der Waals surface area (Å²) in [4.78, 5) is 17.4. The van der Waals surface area contributed by atoms with Crippen molar-refractivity contribution in [3.05, 3.63) is 66.1 Å². The maximum atomic E-state index is 12.8. The van der Waals surface area contributed by atoms with Crippen molar-refractivity contribution in [3.63, 3.8) is 0 Å². The number of hydrogen-bond donors (Lipinski definition) is 2. The molecule has 170 valence electrons. The molecule has 0 aliphatic heterocycles. The minimum absolute atomic E-state index is 0.0117. The number of nitrogens with one attached hydrogen (secondary N) is 2. The summed E-state index contributed by atoms with van der Waals surface area (Å²) in [5.74, 6) is 0.387. The predicted octanol–water partition coefficient (Wildman–Crippen LogP) is 3.94. The van der Waals surface area contributed by atoms with Crippen LogP contribution < -0.4 is 10.0 Å². The van der Waals surface area contributed by atoms with E-state index in [0.717, 1.165) is 5.56 Å². The lowest BCUT2D eigenvalue weighted by molar-refractivity contribution is 0.0914. The number of amides is 1. The zero-order chi connectivity index (χ0) is 23.3. The quantitative estimate of drug-likeness (QED) is 0.504. The molecule has 32 heavy (non-hydrogen) atoms. The van der Waals surface area contributed by atoms with Gasteiger partial charge in [0, 0.05) is 17.2 Å². The van der Waals surface area contributed by atoms with Crippen LogP contribution in [-0.2, 0) is 10.0 Å². The summed E-state index contributed by atoms with van der Waals surface area (Å²) in [7, 11) is -3.63. The van der Waals surface area contributed by atoms with Gasteiger partial charge in [0.25, 0.3) is 5.91 Å². The van der Waals surface area contributed by atoms with Crippen LogP contribution in [-0.4, -0.2) is 30.5 Å². The van der Waals surface area contributed by atoms with Crippen LogP contribution >= 0.6 is 0 Å². The minimum atomic E-state index is -3.63. The Balaban J connectivity index is 1.75. The van der Waals surface area contributed by atoms with Crippen molar-refractivity contribution in [2.24, 2.45) is 5.92 Å². The second-order valence-electron chi connectivity index (χ2n) is 7.97. The van der Waals surface area contributed by atoms with Gasteiger partial charge in [-0.1, -0.05) is 56.3 Å². The van der Waals surface area contributed by atoms with Crippen molar-refractivity contribution in [2.75, 3.05) is 0 Å². The zero-order valence-corrected chi connectivity index (χ0v) is 19.4. The summed E-state index contributed by atoms with van der Waals surface area (Å²) in [6.07, 6.45) is 0.679. The molecule has 0 bridgehead atoms. The Kier molecular flexibility index (Phi) is 7.42. The fraction of sp³-hybridized carbons (Fsp3) is 0.348. The van der Waals surface area contributed by atoms with Crippen LogP contribution in [0.15, 0.2) is 64.0 Å². The highest BCUT2D eigenvalue weighted by Gasteiger charge is 2.26. The molecule has 0 aliphatic carbocycles. The highest BCUT2D eigenvalue weighted by Crippen LogP contribution is 2.24. The summed E-state index contributed by atoms with van der Waals surface area (Å²) in [5, 5.41) is 6.94. The van der Waals surface area contributed by atoms with Crippen molar-refractivity contribution in [2.45, 2.75) is 51.1 Å². The van der Waals surface area contributed by atoms with Crippen molar-refractivity contribution < 1.29 is 17.7 Å². The molecular weight excluding hydrogens is 428 g/mol. The van der Waals surface area contributed by atoms with E-state index >= 15 is 0 Å². The first-order valence-corrected chi connectivity index (χ1v) is 12.0. The van der Waals surface area contributed by atoms with Crippen LogP contribution in [0.25, 0.3) is 11.4 Å². The molecule has 3 rings (SSSR count). The third-order valence-electron chi connectivity index (χ3n) is 5.09. The van der Waals surface area contributed by atoms with Gasteiger partial charge in [0.2, 0.25) is 21.7 Å². The average Bonchev–Trinajstić information content (AvgIpc) is 3.27. The van der Waals surface area contributed by atoms with Crippen LogP contribution in [0.3, 0.4) is 0 Å². The number of nitrogens with zero attached hydrogens (tertiary/aromatic N) is 2. The van der Waals surface area contributed by atoms with E-state index < -0.39 is 16.1 Å². The van der Waals surface area contributed by atoms with Gasteiger partial charge < -0.3 is 9.84 Å². The first-order chi connectivity index (χ1) is 15.2. The van der Waals surface area contributed by atoms with Crippen LogP contribution in [0.1, 0.15) is 56.4 Å². The summed E-state index contributed by atoms with van der Waals surface area (Å²) >= 11 is 0. The van der Waals surface area contributed by atoms with Gasteiger partial charge in [-0.2, -0.15) is 4.98 Å². The predicted molar refractivity (Wildman–Crippen MR) is 121 cm³/mol. The number of rotatable bonds is 9. The molecule has 0 aliphatic rings. The van der Waals surface area contributed by atoms with Gasteiger partial charge in [-0.15, -0.1) is 0 Å². The molecule has 2 aromatic carbocycles. The molecule has 0 unspecified atom stereocenters. The lowest BCUT2D eigenvalue weighted by atomic mass is 10.0. The number of carbonyl (C=O) groups excluding carboxylic acids is 1. The van der Waals surface area contributed by atoms with Gasteiger partial charge in [-0.3, -0.25) is 4.79 Å². The van der Waals surface area contributed by atoms with Gasteiger partial charge in [-0.05, 0) is 43.5 Å². The average molecular weight is 457 g/mol. The van der Waals surface area contributed by atoms with Crippen LogP contribution in [0.4, 0.5) is 0 Å². The molecule has 8 nitrogen and oxygen atoms in total. The SMILES string of the molecule is CC[C@@H](C)NS(=O)(=O)c1ccc(C(=O)N[C@H](c2nc(-c3ccccc3)no2)C(C)C)cc1. The topological polar surface area (TPSA) is 114 Å². The van der Waals surface area contributed by atoms with Crippen LogP contribution in [0.2, 0.25) is 0 Å². The van der Waals surface area contributed by atoms with E-state index in [1.807, 2.05) is 51.1 Å². The van der Waals surface area contributed by atoms with E-state index in [1.54, 1.807) is 6.92 Å². The molecule has 1 amide bonds. The highest BCUT2D eigenvalue weighted by molar-refractivity contribution is 7.89. The van der Waals surface area contributed by atoms with E-state index in [9.17, 15) is 13.2 Å². The first kappa shape index (κ1) is 23.6. The maximum absolute atomic E-state index is 12.8. The van der Waals surface area contributed by atoms with Crippen LogP contribution in [0.5, 0.6) is 0 Å². The maximum Gasteiger partial charge on any atom is 0.251 e. The molecule has 9 heteroatoms. The van der Waals surface area contributed by atoms with E-state index in [-0.39, 0.29) is 22.8 Å². The smallest absolute Gasteiger partial charge is 0.251 e. The summed E-state index contributed by atoms with van der Waals surface area (Å²) < 4.78 is 32.9.